The highest BCUT2D eigenvalue weighted by Gasteiger charge is 2.30. The molecule has 0 saturated heterocycles. The molecule has 1 aromatic heterocycles. The Hall–Kier alpha value is -2.47. The molecule has 0 aliphatic rings. The second kappa shape index (κ2) is 6.20. The van der Waals surface area contributed by atoms with Crippen molar-refractivity contribution in [3.05, 3.63) is 54.1 Å². The summed E-state index contributed by atoms with van der Waals surface area (Å²) in [5, 5.41) is 0.945. The molecule has 0 unspecified atom stereocenters. The van der Waals surface area contributed by atoms with Gasteiger partial charge in [0.2, 0.25) is 0 Å². The number of methoxy groups -OCH3 is 1. The Bertz CT molecular complexity index is 851. The zero-order valence-corrected chi connectivity index (χ0v) is 13.1. The van der Waals surface area contributed by atoms with E-state index < -0.39 is 11.7 Å². The molecular formula is C18H17F3N2O. The SMILES string of the molecule is COCCn1c(-c2ccc(C(F)(F)F)cc2)cc2cc(N)ccc21. The summed E-state index contributed by atoms with van der Waals surface area (Å²) in [6, 6.07) is 12.7. The Morgan fingerprint density at radius 2 is 1.75 bits per heavy atom. The summed E-state index contributed by atoms with van der Waals surface area (Å²) in [5.41, 5.74) is 8.34. The van der Waals surface area contributed by atoms with E-state index in [2.05, 4.69) is 0 Å². The van der Waals surface area contributed by atoms with Crippen LogP contribution in [-0.2, 0) is 17.5 Å². The highest BCUT2D eigenvalue weighted by molar-refractivity contribution is 5.89. The van der Waals surface area contributed by atoms with Gasteiger partial charge in [0.15, 0.2) is 0 Å². The molecule has 2 aromatic carbocycles. The average Bonchev–Trinajstić information content (AvgIpc) is 2.89. The van der Waals surface area contributed by atoms with E-state index in [-0.39, 0.29) is 0 Å². The fraction of sp³-hybridized carbons (Fsp3) is 0.222. The monoisotopic (exact) mass is 334 g/mol. The summed E-state index contributed by atoms with van der Waals surface area (Å²) in [6.07, 6.45) is -4.34. The number of aromatic nitrogens is 1. The summed E-state index contributed by atoms with van der Waals surface area (Å²) in [5.74, 6) is 0. The topological polar surface area (TPSA) is 40.2 Å². The van der Waals surface area contributed by atoms with Crippen LogP contribution in [0.1, 0.15) is 5.56 Å². The maximum atomic E-state index is 12.7. The maximum Gasteiger partial charge on any atom is 0.416 e. The number of alkyl halides is 3. The Morgan fingerprint density at radius 1 is 1.04 bits per heavy atom. The second-order valence-corrected chi connectivity index (χ2v) is 5.57. The lowest BCUT2D eigenvalue weighted by Crippen LogP contribution is -2.06. The molecule has 3 nitrogen and oxygen atoms in total. The van der Waals surface area contributed by atoms with Crippen molar-refractivity contribution >= 4 is 16.6 Å². The minimum Gasteiger partial charge on any atom is -0.399 e. The van der Waals surface area contributed by atoms with Crippen LogP contribution in [0.4, 0.5) is 18.9 Å². The van der Waals surface area contributed by atoms with Gasteiger partial charge in [0.05, 0.1) is 12.2 Å². The van der Waals surface area contributed by atoms with E-state index in [9.17, 15) is 13.2 Å². The van der Waals surface area contributed by atoms with Crippen LogP contribution in [0.5, 0.6) is 0 Å². The number of rotatable bonds is 4. The molecule has 3 rings (SSSR count). The summed E-state index contributed by atoms with van der Waals surface area (Å²) in [4.78, 5) is 0. The van der Waals surface area contributed by atoms with Crippen molar-refractivity contribution in [2.75, 3.05) is 19.5 Å². The van der Waals surface area contributed by atoms with Crippen LogP contribution in [0.15, 0.2) is 48.5 Å². The second-order valence-electron chi connectivity index (χ2n) is 5.57. The Labute approximate surface area is 137 Å². The lowest BCUT2D eigenvalue weighted by atomic mass is 10.1. The molecule has 1 heterocycles. The third kappa shape index (κ3) is 3.10. The molecule has 0 saturated carbocycles. The van der Waals surface area contributed by atoms with Crippen molar-refractivity contribution in [3.63, 3.8) is 0 Å². The highest BCUT2D eigenvalue weighted by Crippen LogP contribution is 2.33. The van der Waals surface area contributed by atoms with Gasteiger partial charge in [0, 0.05) is 35.9 Å². The van der Waals surface area contributed by atoms with Crippen LogP contribution in [0, 0.1) is 0 Å². The van der Waals surface area contributed by atoms with Crippen molar-refractivity contribution in [1.29, 1.82) is 0 Å². The molecule has 0 amide bonds. The first-order valence-electron chi connectivity index (χ1n) is 7.45. The molecular weight excluding hydrogens is 317 g/mol. The standard InChI is InChI=1S/C18H17F3N2O/c1-24-9-8-23-16-7-6-15(22)10-13(16)11-17(23)12-2-4-14(5-3-12)18(19,20)21/h2-7,10-11H,8-9,22H2,1H3. The molecule has 126 valence electrons. The van der Waals surface area contributed by atoms with Crippen molar-refractivity contribution in [3.8, 4) is 11.3 Å². The number of hydrogen-bond acceptors (Lipinski definition) is 2. The van der Waals surface area contributed by atoms with Crippen LogP contribution >= 0.6 is 0 Å². The van der Waals surface area contributed by atoms with Gasteiger partial charge in [0.25, 0.3) is 0 Å². The number of nitrogens with zero attached hydrogens (tertiary/aromatic N) is 1. The van der Waals surface area contributed by atoms with Gasteiger partial charge in [0.1, 0.15) is 0 Å². The lowest BCUT2D eigenvalue weighted by molar-refractivity contribution is -0.137. The number of benzene rings is 2. The number of nitrogen functional groups attached to an aromatic ring is 1. The smallest absolute Gasteiger partial charge is 0.399 e. The summed E-state index contributed by atoms with van der Waals surface area (Å²) < 4.78 is 45.4. The molecule has 0 radical (unpaired) electrons. The lowest BCUT2D eigenvalue weighted by Gasteiger charge is -2.12. The Kier molecular flexibility index (Phi) is 4.24. The Morgan fingerprint density at radius 3 is 2.38 bits per heavy atom. The van der Waals surface area contributed by atoms with Crippen LogP contribution < -0.4 is 5.73 Å². The van der Waals surface area contributed by atoms with Gasteiger partial charge in [-0.25, -0.2) is 0 Å². The normalized spacial score (nSPS) is 12.0. The largest absolute Gasteiger partial charge is 0.416 e. The fourth-order valence-corrected chi connectivity index (χ4v) is 2.78. The zero-order valence-electron chi connectivity index (χ0n) is 13.1. The molecule has 3 aromatic rings. The van der Waals surface area contributed by atoms with Crippen molar-refractivity contribution in [2.45, 2.75) is 12.7 Å². The van der Waals surface area contributed by atoms with E-state index in [0.29, 0.717) is 24.4 Å². The van der Waals surface area contributed by atoms with Crippen molar-refractivity contribution < 1.29 is 17.9 Å². The predicted molar refractivity (Wildman–Crippen MR) is 88.7 cm³/mol. The minimum absolute atomic E-state index is 0.502. The number of halogens is 3. The van der Waals surface area contributed by atoms with Gasteiger partial charge in [-0.1, -0.05) is 12.1 Å². The molecule has 0 aliphatic carbocycles. The minimum atomic E-state index is -4.34. The third-order valence-corrected chi connectivity index (χ3v) is 3.95. The predicted octanol–water partition coefficient (Wildman–Crippen LogP) is 4.56. The highest BCUT2D eigenvalue weighted by atomic mass is 19.4. The van der Waals surface area contributed by atoms with E-state index in [1.165, 1.54) is 12.1 Å². The maximum absolute atomic E-state index is 12.7. The van der Waals surface area contributed by atoms with E-state index in [4.69, 9.17) is 10.5 Å². The van der Waals surface area contributed by atoms with Crippen molar-refractivity contribution in [1.82, 2.24) is 4.57 Å². The fourth-order valence-electron chi connectivity index (χ4n) is 2.78. The first-order chi connectivity index (χ1) is 11.4. The molecule has 0 atom stereocenters. The summed E-state index contributed by atoms with van der Waals surface area (Å²) in [6.45, 7) is 1.10. The van der Waals surface area contributed by atoms with Crippen LogP contribution in [-0.4, -0.2) is 18.3 Å². The van der Waals surface area contributed by atoms with Gasteiger partial charge >= 0.3 is 6.18 Å². The Balaban J connectivity index is 2.10. The van der Waals surface area contributed by atoms with Gasteiger partial charge < -0.3 is 15.0 Å². The molecule has 6 heteroatoms. The zero-order chi connectivity index (χ0) is 17.3. The average molecular weight is 334 g/mol. The van der Waals surface area contributed by atoms with Crippen LogP contribution in [0.25, 0.3) is 22.2 Å². The third-order valence-electron chi connectivity index (χ3n) is 3.95. The number of nitrogens with two attached hydrogens (primary N) is 1. The van der Waals surface area contributed by atoms with E-state index in [1.807, 2.05) is 28.8 Å². The molecule has 24 heavy (non-hydrogen) atoms. The van der Waals surface area contributed by atoms with E-state index in [0.717, 1.165) is 28.7 Å². The first kappa shape index (κ1) is 16.4. The quantitative estimate of drug-likeness (QED) is 0.711. The van der Waals surface area contributed by atoms with Gasteiger partial charge in [-0.05, 0) is 42.0 Å². The molecule has 0 fully saturated rings. The van der Waals surface area contributed by atoms with Gasteiger partial charge in [-0.2, -0.15) is 13.2 Å². The molecule has 0 bridgehead atoms. The van der Waals surface area contributed by atoms with Gasteiger partial charge in [-0.15, -0.1) is 0 Å². The number of fused-ring (bicyclic) bond motifs is 1. The number of ether oxygens (including phenoxy) is 1. The number of hydrogen-bond donors (Lipinski definition) is 1. The molecule has 0 aliphatic heterocycles. The van der Waals surface area contributed by atoms with Gasteiger partial charge in [-0.3, -0.25) is 0 Å². The summed E-state index contributed by atoms with van der Waals surface area (Å²) >= 11 is 0. The molecule has 0 spiro atoms. The summed E-state index contributed by atoms with van der Waals surface area (Å²) in [7, 11) is 1.61. The molecule has 2 N–H and O–H groups in total. The van der Waals surface area contributed by atoms with Crippen LogP contribution in [0.2, 0.25) is 0 Å². The first-order valence-corrected chi connectivity index (χ1v) is 7.45. The van der Waals surface area contributed by atoms with Crippen LogP contribution in [0.3, 0.4) is 0 Å². The van der Waals surface area contributed by atoms with Crippen molar-refractivity contribution in [2.24, 2.45) is 0 Å². The number of anilines is 1. The van der Waals surface area contributed by atoms with E-state index in [1.54, 1.807) is 7.11 Å². The van der Waals surface area contributed by atoms with E-state index >= 15 is 0 Å².